The van der Waals surface area contributed by atoms with Gasteiger partial charge in [0.15, 0.2) is 0 Å². The molecule has 2 aromatic heterocycles. The van der Waals surface area contributed by atoms with Crippen molar-refractivity contribution in [1.82, 2.24) is 14.9 Å². The molecular formula is C12H16N4O3S. The van der Waals surface area contributed by atoms with E-state index >= 15 is 0 Å². The summed E-state index contributed by atoms with van der Waals surface area (Å²) < 4.78 is 32.2. The molecule has 0 saturated heterocycles. The number of pyridine rings is 1. The maximum atomic E-state index is 12.3. The molecule has 0 aromatic carbocycles. The minimum Gasteiger partial charge on any atom is -0.383 e. The van der Waals surface area contributed by atoms with Crippen LogP contribution in [-0.2, 0) is 10.0 Å². The predicted molar refractivity (Wildman–Crippen MR) is 73.4 cm³/mol. The fourth-order valence-corrected chi connectivity index (χ4v) is 3.39. The summed E-state index contributed by atoms with van der Waals surface area (Å²) in [5.41, 5.74) is 6.97. The van der Waals surface area contributed by atoms with E-state index in [1.165, 1.54) is 18.3 Å². The van der Waals surface area contributed by atoms with Gasteiger partial charge in [-0.1, -0.05) is 5.16 Å². The van der Waals surface area contributed by atoms with Gasteiger partial charge in [-0.3, -0.25) is 0 Å². The number of hydrogen-bond acceptors (Lipinski definition) is 6. The lowest BCUT2D eigenvalue weighted by atomic mass is 10.1. The monoisotopic (exact) mass is 296 g/mol. The summed E-state index contributed by atoms with van der Waals surface area (Å²) in [4.78, 5) is 3.74. The maximum absolute atomic E-state index is 12.3. The molecule has 3 N–H and O–H groups in total. The second-order valence-electron chi connectivity index (χ2n) is 4.47. The Balaban J connectivity index is 2.32. The van der Waals surface area contributed by atoms with Gasteiger partial charge >= 0.3 is 0 Å². The molecule has 1 unspecified atom stereocenters. The lowest BCUT2D eigenvalue weighted by Crippen LogP contribution is -2.28. The fraction of sp³-hybridized carbons (Fsp3) is 0.333. The fourth-order valence-electron chi connectivity index (χ4n) is 2.09. The molecule has 0 bridgehead atoms. The lowest BCUT2D eigenvalue weighted by molar-refractivity contribution is 0.391. The predicted octanol–water partition coefficient (Wildman–Crippen LogP) is 1.31. The Bertz CT molecular complexity index is 705. The van der Waals surface area contributed by atoms with Gasteiger partial charge in [-0.2, -0.15) is 0 Å². The van der Waals surface area contributed by atoms with Crippen molar-refractivity contribution in [3.05, 3.63) is 35.3 Å². The molecule has 0 saturated carbocycles. The summed E-state index contributed by atoms with van der Waals surface area (Å²) in [5.74, 6) is 0.544. The van der Waals surface area contributed by atoms with Crippen molar-refractivity contribution in [2.45, 2.75) is 31.7 Å². The van der Waals surface area contributed by atoms with Gasteiger partial charge in [0, 0.05) is 17.8 Å². The summed E-state index contributed by atoms with van der Waals surface area (Å²) in [6.45, 7) is 5.21. The van der Waals surface area contributed by atoms with Gasteiger partial charge in [0.1, 0.15) is 16.5 Å². The molecule has 2 heterocycles. The van der Waals surface area contributed by atoms with Crippen LogP contribution in [0.25, 0.3) is 0 Å². The van der Waals surface area contributed by atoms with Gasteiger partial charge in [0.05, 0.1) is 5.69 Å². The average Bonchev–Trinajstić information content (AvgIpc) is 2.68. The van der Waals surface area contributed by atoms with Crippen LogP contribution in [0.3, 0.4) is 0 Å². The number of aromatic nitrogens is 2. The Labute approximate surface area is 117 Å². The Morgan fingerprint density at radius 2 is 2.10 bits per heavy atom. The summed E-state index contributed by atoms with van der Waals surface area (Å²) >= 11 is 0. The molecule has 0 aliphatic carbocycles. The number of nitrogens with zero attached hydrogens (tertiary/aromatic N) is 2. The highest BCUT2D eigenvalue weighted by molar-refractivity contribution is 7.89. The van der Waals surface area contributed by atoms with E-state index in [1.54, 1.807) is 20.8 Å². The van der Waals surface area contributed by atoms with E-state index in [9.17, 15) is 8.42 Å². The summed E-state index contributed by atoms with van der Waals surface area (Å²) in [6, 6.07) is 2.45. The highest BCUT2D eigenvalue weighted by atomic mass is 32.2. The van der Waals surface area contributed by atoms with E-state index in [4.69, 9.17) is 10.3 Å². The van der Waals surface area contributed by atoms with Crippen LogP contribution in [0.15, 0.2) is 27.7 Å². The Morgan fingerprint density at radius 3 is 2.65 bits per heavy atom. The van der Waals surface area contributed by atoms with Crippen LogP contribution in [0.5, 0.6) is 0 Å². The molecule has 0 aliphatic heterocycles. The first kappa shape index (κ1) is 14.5. The molecule has 0 aliphatic rings. The van der Waals surface area contributed by atoms with Crippen LogP contribution in [0.1, 0.15) is 30.0 Å². The van der Waals surface area contributed by atoms with Crippen molar-refractivity contribution in [2.75, 3.05) is 5.73 Å². The van der Waals surface area contributed by atoms with E-state index < -0.39 is 16.1 Å². The normalized spacial score (nSPS) is 13.3. The van der Waals surface area contributed by atoms with Crippen LogP contribution >= 0.6 is 0 Å². The Hall–Kier alpha value is -1.93. The Morgan fingerprint density at radius 1 is 1.40 bits per heavy atom. The topological polar surface area (TPSA) is 111 Å². The van der Waals surface area contributed by atoms with Gasteiger partial charge in [0.25, 0.3) is 0 Å². The zero-order valence-corrected chi connectivity index (χ0v) is 12.2. The minimum atomic E-state index is -3.76. The molecule has 2 rings (SSSR count). The molecule has 108 valence electrons. The standard InChI is InChI=1S/C12H16N4O3S/c1-7-11(9(3)19-15-7)8(2)16-20(17,18)10-5-4-6-14-12(10)13/h4-6,8,16H,1-3H3,(H2,13,14). The number of aryl methyl sites for hydroxylation is 2. The zero-order valence-electron chi connectivity index (χ0n) is 11.4. The molecular weight excluding hydrogens is 280 g/mol. The SMILES string of the molecule is Cc1noc(C)c1C(C)NS(=O)(=O)c1cccnc1N. The van der Waals surface area contributed by atoms with Gasteiger partial charge in [0.2, 0.25) is 10.0 Å². The first-order valence-electron chi connectivity index (χ1n) is 5.98. The van der Waals surface area contributed by atoms with Crippen LogP contribution in [0.2, 0.25) is 0 Å². The molecule has 0 spiro atoms. The third kappa shape index (κ3) is 2.66. The number of rotatable bonds is 4. The Kier molecular flexibility index (Phi) is 3.78. The highest BCUT2D eigenvalue weighted by Gasteiger charge is 2.24. The molecule has 0 amide bonds. The number of nitrogens with two attached hydrogens (primary N) is 1. The zero-order chi connectivity index (χ0) is 14.9. The number of nitrogen functional groups attached to an aromatic ring is 1. The third-order valence-electron chi connectivity index (χ3n) is 2.94. The first-order chi connectivity index (χ1) is 9.33. The second kappa shape index (κ2) is 5.22. The maximum Gasteiger partial charge on any atom is 0.244 e. The van der Waals surface area contributed by atoms with Crippen LogP contribution in [-0.4, -0.2) is 18.6 Å². The van der Waals surface area contributed by atoms with E-state index in [1.807, 2.05) is 0 Å². The largest absolute Gasteiger partial charge is 0.383 e. The van der Waals surface area contributed by atoms with Crippen LogP contribution in [0.4, 0.5) is 5.82 Å². The number of sulfonamides is 1. The molecule has 0 radical (unpaired) electrons. The van der Waals surface area contributed by atoms with E-state index in [0.29, 0.717) is 11.5 Å². The van der Waals surface area contributed by atoms with Crippen molar-refractivity contribution in [2.24, 2.45) is 0 Å². The summed E-state index contributed by atoms with van der Waals surface area (Å²) in [5, 5.41) is 3.81. The summed E-state index contributed by atoms with van der Waals surface area (Å²) in [7, 11) is -3.76. The second-order valence-corrected chi connectivity index (χ2v) is 6.15. The van der Waals surface area contributed by atoms with Crippen LogP contribution in [0, 0.1) is 13.8 Å². The van der Waals surface area contributed by atoms with Gasteiger partial charge < -0.3 is 10.3 Å². The number of anilines is 1. The molecule has 2 aromatic rings. The number of hydrogen-bond donors (Lipinski definition) is 2. The van der Waals surface area contributed by atoms with E-state index in [2.05, 4.69) is 14.9 Å². The molecule has 20 heavy (non-hydrogen) atoms. The lowest BCUT2D eigenvalue weighted by Gasteiger charge is -2.14. The molecule has 8 heteroatoms. The van der Waals surface area contributed by atoms with Crippen molar-refractivity contribution < 1.29 is 12.9 Å². The molecule has 7 nitrogen and oxygen atoms in total. The van der Waals surface area contributed by atoms with Crippen molar-refractivity contribution in [3.63, 3.8) is 0 Å². The highest BCUT2D eigenvalue weighted by Crippen LogP contribution is 2.24. The van der Waals surface area contributed by atoms with Crippen molar-refractivity contribution in [1.29, 1.82) is 0 Å². The summed E-state index contributed by atoms with van der Waals surface area (Å²) in [6.07, 6.45) is 1.44. The quantitative estimate of drug-likeness (QED) is 0.880. The first-order valence-corrected chi connectivity index (χ1v) is 7.47. The smallest absolute Gasteiger partial charge is 0.244 e. The van der Waals surface area contributed by atoms with Gasteiger partial charge in [-0.05, 0) is 32.9 Å². The minimum absolute atomic E-state index is 0.0361. The number of nitrogens with one attached hydrogen (secondary N) is 1. The van der Waals surface area contributed by atoms with E-state index in [-0.39, 0.29) is 10.7 Å². The van der Waals surface area contributed by atoms with Gasteiger partial charge in [-0.25, -0.2) is 18.1 Å². The van der Waals surface area contributed by atoms with Crippen molar-refractivity contribution >= 4 is 15.8 Å². The van der Waals surface area contributed by atoms with Crippen molar-refractivity contribution in [3.8, 4) is 0 Å². The molecule has 0 fully saturated rings. The third-order valence-corrected chi connectivity index (χ3v) is 4.53. The van der Waals surface area contributed by atoms with Crippen LogP contribution < -0.4 is 10.5 Å². The molecule has 1 atom stereocenters. The van der Waals surface area contributed by atoms with E-state index in [0.717, 1.165) is 5.56 Å². The average molecular weight is 296 g/mol. The van der Waals surface area contributed by atoms with Gasteiger partial charge in [-0.15, -0.1) is 0 Å².